The van der Waals surface area contributed by atoms with Crippen molar-refractivity contribution in [2.75, 3.05) is 17.2 Å². The lowest BCUT2D eigenvalue weighted by Gasteiger charge is -2.23. The van der Waals surface area contributed by atoms with Gasteiger partial charge in [-0.2, -0.15) is 5.26 Å². The van der Waals surface area contributed by atoms with Crippen LogP contribution in [0.25, 0.3) is 0 Å². The molecule has 0 saturated carbocycles. The number of nitrogens with one attached hydrogen (secondary N) is 2. The molecule has 0 aliphatic carbocycles. The van der Waals surface area contributed by atoms with Gasteiger partial charge in [-0.3, -0.25) is 4.79 Å². The van der Waals surface area contributed by atoms with Gasteiger partial charge in [0.1, 0.15) is 0 Å². The number of carbonyl (C=O) groups is 1. The number of amides is 1. The van der Waals surface area contributed by atoms with Gasteiger partial charge in [-0.05, 0) is 30.0 Å². The van der Waals surface area contributed by atoms with E-state index in [2.05, 4.69) is 37.5 Å². The van der Waals surface area contributed by atoms with Crippen LogP contribution in [0.3, 0.4) is 0 Å². The smallest absolute Gasteiger partial charge is 0.229 e. The highest BCUT2D eigenvalue weighted by molar-refractivity contribution is 5.97. The molecule has 0 radical (unpaired) electrons. The quantitative estimate of drug-likeness (QED) is 0.813. The van der Waals surface area contributed by atoms with Gasteiger partial charge >= 0.3 is 0 Å². The minimum Gasteiger partial charge on any atom is -0.383 e. The predicted octanol–water partition coefficient (Wildman–Crippen LogP) is 2.97. The summed E-state index contributed by atoms with van der Waals surface area (Å²) in [5.74, 6) is -0.0104. The molecule has 1 amide bonds. The van der Waals surface area contributed by atoms with Crippen molar-refractivity contribution in [2.45, 2.75) is 27.2 Å². The maximum Gasteiger partial charge on any atom is 0.229 e. The summed E-state index contributed by atoms with van der Waals surface area (Å²) in [6.07, 6.45) is 0.824. The summed E-state index contributed by atoms with van der Waals surface area (Å²) in [5.41, 5.74) is 2.27. The predicted molar refractivity (Wildman–Crippen MR) is 75.8 cm³/mol. The van der Waals surface area contributed by atoms with Gasteiger partial charge in [0.05, 0.1) is 28.9 Å². The molecule has 19 heavy (non-hydrogen) atoms. The van der Waals surface area contributed by atoms with Crippen LogP contribution in [0.5, 0.6) is 0 Å². The molecule has 1 aromatic rings. The van der Waals surface area contributed by atoms with Crippen LogP contribution in [0.2, 0.25) is 0 Å². The van der Waals surface area contributed by atoms with E-state index in [1.54, 1.807) is 18.2 Å². The van der Waals surface area contributed by atoms with E-state index >= 15 is 0 Å². The van der Waals surface area contributed by atoms with Crippen molar-refractivity contribution in [2.24, 2.45) is 11.3 Å². The minimum absolute atomic E-state index is 0.0471. The maximum absolute atomic E-state index is 12.2. The van der Waals surface area contributed by atoms with Gasteiger partial charge in [0.25, 0.3) is 0 Å². The van der Waals surface area contributed by atoms with Crippen LogP contribution >= 0.6 is 0 Å². The molecule has 2 rings (SSSR count). The van der Waals surface area contributed by atoms with E-state index in [0.29, 0.717) is 12.1 Å². The van der Waals surface area contributed by atoms with E-state index in [1.165, 1.54) is 0 Å². The molecule has 1 aromatic carbocycles. The zero-order valence-corrected chi connectivity index (χ0v) is 11.6. The zero-order valence-electron chi connectivity index (χ0n) is 11.6. The summed E-state index contributed by atoms with van der Waals surface area (Å²) >= 11 is 0. The van der Waals surface area contributed by atoms with Crippen LogP contribution in [0.1, 0.15) is 32.8 Å². The van der Waals surface area contributed by atoms with E-state index in [0.717, 1.165) is 17.8 Å². The van der Waals surface area contributed by atoms with Gasteiger partial charge in [0, 0.05) is 6.54 Å². The number of fused-ring (bicyclic) bond motifs is 1. The lowest BCUT2D eigenvalue weighted by Crippen LogP contribution is -2.29. The van der Waals surface area contributed by atoms with Crippen molar-refractivity contribution in [1.82, 2.24) is 0 Å². The van der Waals surface area contributed by atoms with Crippen LogP contribution in [-0.4, -0.2) is 12.5 Å². The largest absolute Gasteiger partial charge is 0.383 e. The molecule has 0 fully saturated rings. The van der Waals surface area contributed by atoms with Gasteiger partial charge in [-0.15, -0.1) is 0 Å². The Morgan fingerprint density at radius 3 is 2.74 bits per heavy atom. The zero-order chi connectivity index (χ0) is 14.0. The number of carbonyl (C=O) groups excluding carboxylic acids is 1. The molecule has 100 valence electrons. The maximum atomic E-state index is 12.2. The summed E-state index contributed by atoms with van der Waals surface area (Å²) in [6.45, 7) is 7.00. The molecule has 4 heteroatoms. The first-order valence-corrected chi connectivity index (χ1v) is 6.48. The lowest BCUT2D eigenvalue weighted by molar-refractivity contribution is -0.120. The van der Waals surface area contributed by atoms with Crippen LogP contribution in [-0.2, 0) is 4.79 Å². The van der Waals surface area contributed by atoms with Crippen molar-refractivity contribution in [1.29, 1.82) is 5.26 Å². The Hall–Kier alpha value is -2.02. The first kappa shape index (κ1) is 13.4. The van der Waals surface area contributed by atoms with Crippen LogP contribution in [0.4, 0.5) is 11.4 Å². The first-order chi connectivity index (χ1) is 8.89. The third-order valence-electron chi connectivity index (χ3n) is 3.18. The molecule has 0 spiro atoms. The van der Waals surface area contributed by atoms with Crippen molar-refractivity contribution < 1.29 is 4.79 Å². The second kappa shape index (κ2) is 4.93. The average molecular weight is 257 g/mol. The molecule has 4 nitrogen and oxygen atoms in total. The molecule has 1 atom stereocenters. The minimum atomic E-state index is -0.0575. The second-order valence-electron chi connectivity index (χ2n) is 6.20. The van der Waals surface area contributed by atoms with Crippen molar-refractivity contribution >= 4 is 17.3 Å². The number of hydrogen-bond donors (Lipinski definition) is 2. The molecule has 1 aliphatic rings. The number of benzene rings is 1. The van der Waals surface area contributed by atoms with E-state index in [1.807, 2.05) is 0 Å². The van der Waals surface area contributed by atoms with E-state index in [-0.39, 0.29) is 17.2 Å². The fourth-order valence-corrected chi connectivity index (χ4v) is 2.33. The Bertz CT molecular complexity index is 537. The number of nitriles is 1. The SMILES string of the molecule is CC(C)(C)CC1CNc2cc(C#N)ccc2NC1=O. The van der Waals surface area contributed by atoms with Crippen molar-refractivity contribution in [3.63, 3.8) is 0 Å². The molecule has 0 saturated heterocycles. The Kier molecular flexibility index (Phi) is 3.48. The summed E-state index contributed by atoms with van der Waals surface area (Å²) in [4.78, 5) is 12.2. The highest BCUT2D eigenvalue weighted by Crippen LogP contribution is 2.31. The molecule has 0 aromatic heterocycles. The van der Waals surface area contributed by atoms with Crippen LogP contribution < -0.4 is 10.6 Å². The van der Waals surface area contributed by atoms with Gasteiger partial charge in [-0.25, -0.2) is 0 Å². The highest BCUT2D eigenvalue weighted by atomic mass is 16.1. The Labute approximate surface area is 113 Å². The molecule has 0 bridgehead atoms. The Balaban J connectivity index is 2.21. The first-order valence-electron chi connectivity index (χ1n) is 6.48. The van der Waals surface area contributed by atoms with Crippen molar-refractivity contribution in [3.8, 4) is 6.07 Å². The topological polar surface area (TPSA) is 64.9 Å². The van der Waals surface area contributed by atoms with Crippen LogP contribution in [0.15, 0.2) is 18.2 Å². The molecule has 1 heterocycles. The van der Waals surface area contributed by atoms with Gasteiger partial charge < -0.3 is 10.6 Å². The fraction of sp³-hybridized carbons (Fsp3) is 0.467. The Morgan fingerprint density at radius 2 is 2.11 bits per heavy atom. The molecule has 1 unspecified atom stereocenters. The summed E-state index contributed by atoms with van der Waals surface area (Å²) in [5, 5.41) is 15.1. The van der Waals surface area contributed by atoms with Gasteiger partial charge in [0.15, 0.2) is 0 Å². The summed E-state index contributed by atoms with van der Waals surface area (Å²) in [6, 6.07) is 7.37. The normalized spacial score (nSPS) is 18.6. The summed E-state index contributed by atoms with van der Waals surface area (Å²) in [7, 11) is 0. The van der Waals surface area contributed by atoms with E-state index in [4.69, 9.17) is 5.26 Å². The third kappa shape index (κ3) is 3.25. The third-order valence-corrected chi connectivity index (χ3v) is 3.18. The van der Waals surface area contributed by atoms with Gasteiger partial charge in [-0.1, -0.05) is 20.8 Å². The Morgan fingerprint density at radius 1 is 1.37 bits per heavy atom. The number of rotatable bonds is 1. The van der Waals surface area contributed by atoms with Gasteiger partial charge in [0.2, 0.25) is 5.91 Å². The fourth-order valence-electron chi connectivity index (χ4n) is 2.33. The summed E-state index contributed by atoms with van der Waals surface area (Å²) < 4.78 is 0. The van der Waals surface area contributed by atoms with Crippen LogP contribution in [0, 0.1) is 22.7 Å². The second-order valence-corrected chi connectivity index (χ2v) is 6.20. The lowest BCUT2D eigenvalue weighted by atomic mass is 9.84. The number of anilines is 2. The number of hydrogen-bond acceptors (Lipinski definition) is 3. The molecule has 2 N–H and O–H groups in total. The number of nitrogens with zero attached hydrogens (tertiary/aromatic N) is 1. The molecule has 1 aliphatic heterocycles. The van der Waals surface area contributed by atoms with E-state index in [9.17, 15) is 4.79 Å². The average Bonchev–Trinajstić information content (AvgIpc) is 2.47. The monoisotopic (exact) mass is 257 g/mol. The van der Waals surface area contributed by atoms with E-state index < -0.39 is 0 Å². The van der Waals surface area contributed by atoms with Crippen molar-refractivity contribution in [3.05, 3.63) is 23.8 Å². The molecular formula is C15H19N3O. The highest BCUT2D eigenvalue weighted by Gasteiger charge is 2.27. The molecular weight excluding hydrogens is 238 g/mol. The standard InChI is InChI=1S/C15H19N3O/c1-15(2,3)7-11-9-17-13-6-10(8-16)4-5-12(13)18-14(11)19/h4-6,11,17H,7,9H2,1-3H3,(H,18,19).